The van der Waals surface area contributed by atoms with E-state index in [1.807, 2.05) is 0 Å². The van der Waals surface area contributed by atoms with Crippen LogP contribution in [0.15, 0.2) is 12.2 Å². The van der Waals surface area contributed by atoms with Gasteiger partial charge >= 0.3 is 18.2 Å². The number of rotatable bonds is 5. The highest BCUT2D eigenvalue weighted by Crippen LogP contribution is 2.46. The lowest BCUT2D eigenvalue weighted by Crippen LogP contribution is -2.53. The molecule has 0 aromatic heterocycles. The molecule has 96 valence electrons. The van der Waals surface area contributed by atoms with Gasteiger partial charge in [0.1, 0.15) is 0 Å². The fourth-order valence-corrected chi connectivity index (χ4v) is 0.643. The number of alkyl halides is 7. The molecule has 0 aliphatic carbocycles. The lowest BCUT2D eigenvalue weighted by atomic mass is 10.3. The molecule has 0 amide bonds. The van der Waals surface area contributed by atoms with E-state index in [1.165, 1.54) is 6.08 Å². The summed E-state index contributed by atoms with van der Waals surface area (Å²) in [5.41, 5.74) is 0. The molecule has 0 saturated heterocycles. The molecule has 1 nitrogen and oxygen atoms in total. The predicted octanol–water partition coefficient (Wildman–Crippen LogP) is 3.76. The van der Waals surface area contributed by atoms with Crippen molar-refractivity contribution < 1.29 is 35.5 Å². The summed E-state index contributed by atoms with van der Waals surface area (Å²) in [5, 5.41) is 0. The van der Waals surface area contributed by atoms with Crippen LogP contribution in [0, 0.1) is 0 Å². The topological polar surface area (TPSA) is 9.23 Å². The molecular weight excluding hydrogens is 245 g/mol. The van der Waals surface area contributed by atoms with Crippen molar-refractivity contribution in [1.82, 2.24) is 0 Å². The van der Waals surface area contributed by atoms with Gasteiger partial charge in [-0.05, 0) is 6.42 Å². The van der Waals surface area contributed by atoms with E-state index in [2.05, 4.69) is 4.74 Å². The Kier molecular flexibility index (Phi) is 4.78. The maximum absolute atomic E-state index is 12.4. The molecule has 0 saturated carbocycles. The van der Waals surface area contributed by atoms with Crippen molar-refractivity contribution in [3.05, 3.63) is 12.2 Å². The number of halogens is 7. The SMILES string of the molecule is CCC=CCOC(F)(F)C(F)(F)C(F)(F)F. The van der Waals surface area contributed by atoms with Gasteiger partial charge in [-0.1, -0.05) is 19.1 Å². The van der Waals surface area contributed by atoms with Crippen molar-refractivity contribution in [1.29, 1.82) is 0 Å². The molecular formula is C8H9F7O. The van der Waals surface area contributed by atoms with E-state index < -0.39 is 24.8 Å². The summed E-state index contributed by atoms with van der Waals surface area (Å²) >= 11 is 0. The Morgan fingerprint density at radius 3 is 1.81 bits per heavy atom. The van der Waals surface area contributed by atoms with Gasteiger partial charge in [0.25, 0.3) is 0 Å². The van der Waals surface area contributed by atoms with Gasteiger partial charge in [0.15, 0.2) is 0 Å². The van der Waals surface area contributed by atoms with Gasteiger partial charge in [0, 0.05) is 0 Å². The van der Waals surface area contributed by atoms with Crippen LogP contribution in [0.5, 0.6) is 0 Å². The Balaban J connectivity index is 4.59. The van der Waals surface area contributed by atoms with E-state index in [1.54, 1.807) is 6.92 Å². The first kappa shape index (κ1) is 15.2. The summed E-state index contributed by atoms with van der Waals surface area (Å²) in [4.78, 5) is 0. The van der Waals surface area contributed by atoms with Crippen LogP contribution in [0.4, 0.5) is 30.7 Å². The monoisotopic (exact) mass is 254 g/mol. The van der Waals surface area contributed by atoms with E-state index in [0.717, 1.165) is 6.08 Å². The van der Waals surface area contributed by atoms with E-state index >= 15 is 0 Å². The second-order valence-corrected chi connectivity index (χ2v) is 2.78. The predicted molar refractivity (Wildman–Crippen MR) is 41.3 cm³/mol. The molecule has 0 aromatic rings. The number of hydrogen-bond acceptors (Lipinski definition) is 1. The van der Waals surface area contributed by atoms with Crippen molar-refractivity contribution >= 4 is 0 Å². The highest BCUT2D eigenvalue weighted by molar-refractivity contribution is 4.87. The molecule has 0 rings (SSSR count). The Labute approximate surface area is 86.9 Å². The van der Waals surface area contributed by atoms with Crippen LogP contribution in [0.25, 0.3) is 0 Å². The Bertz CT molecular complexity index is 243. The number of hydrogen-bond donors (Lipinski definition) is 0. The summed E-state index contributed by atoms with van der Waals surface area (Å²) in [7, 11) is 0. The fraction of sp³-hybridized carbons (Fsp3) is 0.750. The molecule has 0 atom stereocenters. The van der Waals surface area contributed by atoms with Crippen molar-refractivity contribution in [2.24, 2.45) is 0 Å². The zero-order valence-corrected chi connectivity index (χ0v) is 8.12. The molecule has 0 radical (unpaired) electrons. The second kappa shape index (κ2) is 5.03. The first-order chi connectivity index (χ1) is 7.06. The van der Waals surface area contributed by atoms with E-state index in [-0.39, 0.29) is 0 Å². The number of ether oxygens (including phenoxy) is 1. The third kappa shape index (κ3) is 3.36. The minimum Gasteiger partial charge on any atom is -0.311 e. The normalized spacial score (nSPS) is 14.8. The van der Waals surface area contributed by atoms with Crippen LogP contribution in [-0.2, 0) is 4.74 Å². The van der Waals surface area contributed by atoms with Crippen LogP contribution in [-0.4, -0.2) is 24.8 Å². The molecule has 0 aliphatic heterocycles. The molecule has 8 heteroatoms. The van der Waals surface area contributed by atoms with Crippen LogP contribution in [0.2, 0.25) is 0 Å². The van der Waals surface area contributed by atoms with Crippen molar-refractivity contribution in [3.63, 3.8) is 0 Å². The van der Waals surface area contributed by atoms with E-state index in [0.29, 0.717) is 6.42 Å². The lowest BCUT2D eigenvalue weighted by molar-refractivity contribution is -0.421. The molecule has 0 spiro atoms. The summed E-state index contributed by atoms with van der Waals surface area (Å²) in [6, 6.07) is 0. The summed E-state index contributed by atoms with van der Waals surface area (Å²) in [6.07, 6.45) is -9.29. The maximum atomic E-state index is 12.4. The van der Waals surface area contributed by atoms with Gasteiger partial charge < -0.3 is 4.74 Å². The van der Waals surface area contributed by atoms with E-state index in [4.69, 9.17) is 0 Å². The first-order valence-corrected chi connectivity index (χ1v) is 4.17. The Morgan fingerprint density at radius 1 is 0.938 bits per heavy atom. The van der Waals surface area contributed by atoms with Gasteiger partial charge in [0.2, 0.25) is 0 Å². The molecule has 0 unspecified atom stereocenters. The number of allylic oxidation sites excluding steroid dienone is 1. The van der Waals surface area contributed by atoms with Crippen LogP contribution < -0.4 is 0 Å². The molecule has 16 heavy (non-hydrogen) atoms. The second-order valence-electron chi connectivity index (χ2n) is 2.78. The highest BCUT2D eigenvalue weighted by atomic mass is 19.4. The first-order valence-electron chi connectivity index (χ1n) is 4.17. The standard InChI is InChI=1S/C8H9F7O/c1-2-3-4-5-16-8(14,15)6(9,10)7(11,12)13/h3-4H,2,5H2,1H3. The minimum absolute atomic E-state index is 0.421. The van der Waals surface area contributed by atoms with Crippen molar-refractivity contribution in [2.45, 2.75) is 31.6 Å². The molecule has 0 aliphatic rings. The van der Waals surface area contributed by atoms with E-state index in [9.17, 15) is 30.7 Å². The largest absolute Gasteiger partial charge is 0.462 e. The fourth-order valence-electron chi connectivity index (χ4n) is 0.643. The smallest absolute Gasteiger partial charge is 0.311 e. The average Bonchev–Trinajstić information content (AvgIpc) is 2.10. The third-order valence-electron chi connectivity index (χ3n) is 1.48. The summed E-state index contributed by atoms with van der Waals surface area (Å²) in [5.74, 6) is -6.21. The molecule has 0 bridgehead atoms. The zero-order valence-electron chi connectivity index (χ0n) is 8.12. The molecule has 0 N–H and O–H groups in total. The van der Waals surface area contributed by atoms with Crippen molar-refractivity contribution in [2.75, 3.05) is 6.61 Å². The Hall–Kier alpha value is -0.790. The van der Waals surface area contributed by atoms with Crippen LogP contribution >= 0.6 is 0 Å². The minimum atomic E-state index is -6.36. The van der Waals surface area contributed by atoms with Gasteiger partial charge in [-0.15, -0.1) is 0 Å². The quantitative estimate of drug-likeness (QED) is 0.536. The molecule has 0 aromatic carbocycles. The van der Waals surface area contributed by atoms with Gasteiger partial charge in [-0.25, -0.2) is 0 Å². The summed E-state index contributed by atoms with van der Waals surface area (Å²) < 4.78 is 87.1. The maximum Gasteiger partial charge on any atom is 0.462 e. The summed E-state index contributed by atoms with van der Waals surface area (Å²) in [6.45, 7) is 0.603. The molecule has 0 fully saturated rings. The lowest BCUT2D eigenvalue weighted by Gasteiger charge is -2.27. The third-order valence-corrected chi connectivity index (χ3v) is 1.48. The van der Waals surface area contributed by atoms with Crippen LogP contribution in [0.1, 0.15) is 13.3 Å². The zero-order chi connectivity index (χ0) is 13.0. The molecule has 0 heterocycles. The highest BCUT2D eigenvalue weighted by Gasteiger charge is 2.74. The van der Waals surface area contributed by atoms with Gasteiger partial charge in [-0.3, -0.25) is 0 Å². The van der Waals surface area contributed by atoms with Crippen molar-refractivity contribution in [3.8, 4) is 0 Å². The van der Waals surface area contributed by atoms with Gasteiger partial charge in [0.05, 0.1) is 6.61 Å². The Morgan fingerprint density at radius 2 is 1.44 bits per heavy atom. The van der Waals surface area contributed by atoms with Gasteiger partial charge in [-0.2, -0.15) is 30.7 Å². The van der Waals surface area contributed by atoms with Crippen LogP contribution in [0.3, 0.4) is 0 Å². The average molecular weight is 254 g/mol.